The quantitative estimate of drug-likeness (QED) is 0.804. The van der Waals surface area contributed by atoms with Gasteiger partial charge in [0.15, 0.2) is 0 Å². The fourth-order valence-corrected chi connectivity index (χ4v) is 1.65. The summed E-state index contributed by atoms with van der Waals surface area (Å²) >= 11 is 3.26. The van der Waals surface area contributed by atoms with Crippen LogP contribution < -0.4 is 5.73 Å². The van der Waals surface area contributed by atoms with Crippen LogP contribution in [-0.2, 0) is 0 Å². The Kier molecular flexibility index (Phi) is 5.76. The highest BCUT2D eigenvalue weighted by atomic mass is 79.9. The van der Waals surface area contributed by atoms with Gasteiger partial charge in [0.05, 0.1) is 0 Å². The summed E-state index contributed by atoms with van der Waals surface area (Å²) in [6.07, 6.45) is 0. The van der Waals surface area contributed by atoms with E-state index in [1.54, 1.807) is 12.1 Å². The van der Waals surface area contributed by atoms with Crippen molar-refractivity contribution >= 4 is 28.3 Å². The Labute approximate surface area is 110 Å². The second-order valence-electron chi connectivity index (χ2n) is 4.33. The van der Waals surface area contributed by atoms with Gasteiger partial charge in [-0.2, -0.15) is 0 Å². The van der Waals surface area contributed by atoms with E-state index in [9.17, 15) is 10.2 Å². The molecule has 16 heavy (non-hydrogen) atoms. The fraction of sp³-hybridized carbons (Fsp3) is 0.455. The third kappa shape index (κ3) is 3.35. The van der Waals surface area contributed by atoms with Crippen LogP contribution in [0.2, 0.25) is 0 Å². The number of aliphatic hydroxyl groups is 1. The molecule has 0 unspecified atom stereocenters. The van der Waals surface area contributed by atoms with Crippen LogP contribution in [0.3, 0.4) is 0 Å². The van der Waals surface area contributed by atoms with Crippen molar-refractivity contribution in [1.29, 1.82) is 0 Å². The van der Waals surface area contributed by atoms with Crippen LogP contribution in [0, 0.1) is 5.41 Å². The van der Waals surface area contributed by atoms with Crippen LogP contribution >= 0.6 is 28.3 Å². The molecule has 1 aromatic carbocycles. The number of phenols is 1. The van der Waals surface area contributed by atoms with Crippen LogP contribution in [0.15, 0.2) is 22.7 Å². The Morgan fingerprint density at radius 2 is 2.00 bits per heavy atom. The third-order valence-corrected chi connectivity index (χ3v) is 3.07. The van der Waals surface area contributed by atoms with E-state index in [-0.39, 0.29) is 24.8 Å². The summed E-state index contributed by atoms with van der Waals surface area (Å²) in [5, 5.41) is 18.9. The number of aromatic hydroxyl groups is 1. The molecular formula is C11H17BrClNO2. The molecule has 0 radical (unpaired) electrons. The van der Waals surface area contributed by atoms with Gasteiger partial charge in [-0.15, -0.1) is 12.4 Å². The van der Waals surface area contributed by atoms with E-state index in [0.29, 0.717) is 5.56 Å². The molecular weight excluding hydrogens is 293 g/mol. The van der Waals surface area contributed by atoms with Crippen molar-refractivity contribution in [2.24, 2.45) is 11.1 Å². The molecule has 0 heterocycles. The standard InChI is InChI=1S/C11H16BrNO2.ClH/c1-11(2,6-14)10(13)8-4-3-7(12)5-9(8)15;/h3-5,10,14-15H,6,13H2,1-2H3;1H/t10-;/m1./s1. The molecule has 3 nitrogen and oxygen atoms in total. The maximum absolute atomic E-state index is 9.73. The number of rotatable bonds is 3. The molecule has 0 aliphatic carbocycles. The van der Waals surface area contributed by atoms with Crippen LogP contribution in [0.1, 0.15) is 25.5 Å². The molecule has 4 N–H and O–H groups in total. The van der Waals surface area contributed by atoms with Crippen molar-refractivity contribution in [1.82, 2.24) is 0 Å². The molecule has 1 rings (SSSR count). The topological polar surface area (TPSA) is 66.5 Å². The number of halogens is 2. The van der Waals surface area contributed by atoms with Crippen molar-refractivity contribution in [3.05, 3.63) is 28.2 Å². The molecule has 0 saturated heterocycles. The minimum absolute atomic E-state index is 0. The van der Waals surface area contributed by atoms with Crippen molar-refractivity contribution in [2.45, 2.75) is 19.9 Å². The first kappa shape index (κ1) is 15.7. The van der Waals surface area contributed by atoms with E-state index >= 15 is 0 Å². The molecule has 1 atom stereocenters. The van der Waals surface area contributed by atoms with Gasteiger partial charge in [0.25, 0.3) is 0 Å². The largest absolute Gasteiger partial charge is 0.508 e. The zero-order valence-corrected chi connectivity index (χ0v) is 11.7. The Morgan fingerprint density at radius 3 is 2.44 bits per heavy atom. The summed E-state index contributed by atoms with van der Waals surface area (Å²) in [5.41, 5.74) is 6.20. The van der Waals surface area contributed by atoms with Crippen molar-refractivity contribution in [3.8, 4) is 5.75 Å². The molecule has 92 valence electrons. The lowest BCUT2D eigenvalue weighted by Crippen LogP contribution is -2.32. The van der Waals surface area contributed by atoms with Crippen LogP contribution in [0.25, 0.3) is 0 Å². The average Bonchev–Trinajstić information content (AvgIpc) is 2.17. The molecule has 5 heteroatoms. The summed E-state index contributed by atoms with van der Waals surface area (Å²) in [5.74, 6) is 0.151. The molecule has 0 aliphatic rings. The first-order valence-corrected chi connectivity index (χ1v) is 5.52. The van der Waals surface area contributed by atoms with Crippen molar-refractivity contribution < 1.29 is 10.2 Å². The van der Waals surface area contributed by atoms with Gasteiger partial charge in [0, 0.05) is 28.1 Å². The van der Waals surface area contributed by atoms with Gasteiger partial charge < -0.3 is 15.9 Å². The van der Waals surface area contributed by atoms with Gasteiger partial charge in [-0.05, 0) is 12.1 Å². The van der Waals surface area contributed by atoms with Crippen LogP contribution in [0.5, 0.6) is 5.75 Å². The number of hydrogen-bond acceptors (Lipinski definition) is 3. The van der Waals surface area contributed by atoms with Gasteiger partial charge >= 0.3 is 0 Å². The second kappa shape index (κ2) is 5.87. The Morgan fingerprint density at radius 1 is 1.44 bits per heavy atom. The van der Waals surface area contributed by atoms with Gasteiger partial charge in [-0.25, -0.2) is 0 Å². The number of benzene rings is 1. The normalized spacial score (nSPS) is 13.1. The molecule has 0 amide bonds. The fourth-order valence-electron chi connectivity index (χ4n) is 1.30. The summed E-state index contributed by atoms with van der Waals surface area (Å²) in [6, 6.07) is 4.79. The van der Waals surface area contributed by atoms with E-state index < -0.39 is 11.5 Å². The van der Waals surface area contributed by atoms with E-state index in [1.165, 1.54) is 0 Å². The smallest absolute Gasteiger partial charge is 0.121 e. The Balaban J connectivity index is 0.00000225. The first-order valence-electron chi connectivity index (χ1n) is 4.73. The van der Waals surface area contributed by atoms with Crippen molar-refractivity contribution in [3.63, 3.8) is 0 Å². The predicted octanol–water partition coefficient (Wildman–Crippen LogP) is 2.59. The van der Waals surface area contributed by atoms with Crippen LogP contribution in [0.4, 0.5) is 0 Å². The van der Waals surface area contributed by atoms with Gasteiger partial charge in [0.2, 0.25) is 0 Å². The molecule has 0 aromatic heterocycles. The number of nitrogens with two attached hydrogens (primary N) is 1. The van der Waals surface area contributed by atoms with E-state index in [4.69, 9.17) is 5.73 Å². The summed E-state index contributed by atoms with van der Waals surface area (Å²) in [4.78, 5) is 0. The highest BCUT2D eigenvalue weighted by Gasteiger charge is 2.28. The lowest BCUT2D eigenvalue weighted by molar-refractivity contribution is 0.131. The molecule has 0 saturated carbocycles. The highest BCUT2D eigenvalue weighted by molar-refractivity contribution is 9.10. The van der Waals surface area contributed by atoms with E-state index in [2.05, 4.69) is 15.9 Å². The van der Waals surface area contributed by atoms with E-state index in [1.807, 2.05) is 19.9 Å². The Bertz CT molecular complexity index is 358. The summed E-state index contributed by atoms with van der Waals surface area (Å²) in [6.45, 7) is 3.70. The van der Waals surface area contributed by atoms with Gasteiger partial charge in [-0.1, -0.05) is 35.8 Å². The second-order valence-corrected chi connectivity index (χ2v) is 5.24. The summed E-state index contributed by atoms with van der Waals surface area (Å²) in [7, 11) is 0. The maximum atomic E-state index is 9.73. The number of aliphatic hydroxyl groups excluding tert-OH is 1. The monoisotopic (exact) mass is 309 g/mol. The molecule has 1 aromatic rings. The molecule has 0 spiro atoms. The van der Waals surface area contributed by atoms with Gasteiger partial charge in [-0.3, -0.25) is 0 Å². The molecule has 0 bridgehead atoms. The zero-order chi connectivity index (χ0) is 11.6. The zero-order valence-electron chi connectivity index (χ0n) is 9.27. The number of phenolic OH excluding ortho intramolecular Hbond substituents is 1. The first-order chi connectivity index (χ1) is 6.88. The SMILES string of the molecule is CC(C)(CO)[C@H](N)c1ccc(Br)cc1O.Cl. The molecule has 0 aliphatic heterocycles. The maximum Gasteiger partial charge on any atom is 0.121 e. The highest BCUT2D eigenvalue weighted by Crippen LogP contribution is 2.36. The van der Waals surface area contributed by atoms with Gasteiger partial charge in [0.1, 0.15) is 5.75 Å². The minimum Gasteiger partial charge on any atom is -0.508 e. The lowest BCUT2D eigenvalue weighted by atomic mass is 9.81. The summed E-state index contributed by atoms with van der Waals surface area (Å²) < 4.78 is 0.803. The third-order valence-electron chi connectivity index (χ3n) is 2.58. The Hall–Kier alpha value is -0.290. The van der Waals surface area contributed by atoms with Crippen molar-refractivity contribution in [2.75, 3.05) is 6.61 Å². The van der Waals surface area contributed by atoms with Crippen LogP contribution in [-0.4, -0.2) is 16.8 Å². The number of hydrogen-bond donors (Lipinski definition) is 3. The average molecular weight is 311 g/mol. The predicted molar refractivity (Wildman–Crippen MR) is 70.9 cm³/mol. The van der Waals surface area contributed by atoms with E-state index in [0.717, 1.165) is 4.47 Å². The molecule has 0 fully saturated rings. The minimum atomic E-state index is -0.453. The lowest BCUT2D eigenvalue weighted by Gasteiger charge is -2.30.